The van der Waals surface area contributed by atoms with E-state index >= 15 is 0 Å². The van der Waals surface area contributed by atoms with Crippen molar-refractivity contribution in [2.24, 2.45) is 11.7 Å². The Morgan fingerprint density at radius 2 is 2.15 bits per heavy atom. The monoisotopic (exact) mass is 346 g/mol. The first kappa shape index (κ1) is 15.2. The molecule has 1 fully saturated rings. The van der Waals surface area contributed by atoms with Crippen LogP contribution < -0.4 is 10.5 Å². The van der Waals surface area contributed by atoms with E-state index in [-0.39, 0.29) is 27.9 Å². The largest absolute Gasteiger partial charge is 0.483 e. The Hall–Kier alpha value is -1.21. The fourth-order valence-electron chi connectivity index (χ4n) is 2.52. The molecular weight excluding hydrogens is 331 g/mol. The SMILES string of the molecule is NCC1CCCCC1Oc1cc(F)c(Br)cc1[N+](=O)[O-]. The average Bonchev–Trinajstić information content (AvgIpc) is 2.43. The summed E-state index contributed by atoms with van der Waals surface area (Å²) < 4.78 is 19.3. The van der Waals surface area contributed by atoms with Crippen molar-refractivity contribution in [3.63, 3.8) is 0 Å². The van der Waals surface area contributed by atoms with Gasteiger partial charge in [0.1, 0.15) is 11.9 Å². The molecule has 1 aliphatic rings. The summed E-state index contributed by atoms with van der Waals surface area (Å²) in [5.74, 6) is -0.443. The van der Waals surface area contributed by atoms with Gasteiger partial charge in [-0.05, 0) is 41.7 Å². The molecule has 0 saturated heterocycles. The predicted octanol–water partition coefficient (Wildman–Crippen LogP) is 3.39. The summed E-state index contributed by atoms with van der Waals surface area (Å²) in [4.78, 5) is 10.5. The van der Waals surface area contributed by atoms with Crippen molar-refractivity contribution in [1.82, 2.24) is 0 Å². The molecule has 1 aromatic rings. The molecule has 0 aromatic heterocycles. The second-order valence-corrected chi connectivity index (χ2v) is 5.78. The summed E-state index contributed by atoms with van der Waals surface area (Å²) in [6.07, 6.45) is 3.62. The predicted molar refractivity (Wildman–Crippen MR) is 76.2 cm³/mol. The molecule has 7 heteroatoms. The maximum atomic E-state index is 13.6. The summed E-state index contributed by atoms with van der Waals surface area (Å²) in [5.41, 5.74) is 5.47. The smallest absolute Gasteiger partial charge is 0.312 e. The van der Waals surface area contributed by atoms with Crippen LogP contribution >= 0.6 is 15.9 Å². The van der Waals surface area contributed by atoms with Crippen molar-refractivity contribution >= 4 is 21.6 Å². The number of nitrogens with two attached hydrogens (primary N) is 1. The van der Waals surface area contributed by atoms with Crippen LogP contribution in [0, 0.1) is 21.8 Å². The van der Waals surface area contributed by atoms with E-state index in [1.807, 2.05) is 0 Å². The first-order valence-corrected chi connectivity index (χ1v) is 7.32. The van der Waals surface area contributed by atoms with E-state index in [9.17, 15) is 14.5 Å². The highest BCUT2D eigenvalue weighted by atomic mass is 79.9. The summed E-state index contributed by atoms with van der Waals surface area (Å²) in [5, 5.41) is 11.0. The molecule has 1 aromatic carbocycles. The second-order valence-electron chi connectivity index (χ2n) is 4.93. The lowest BCUT2D eigenvalue weighted by Gasteiger charge is -2.30. The molecule has 0 radical (unpaired) electrons. The van der Waals surface area contributed by atoms with Gasteiger partial charge in [-0.1, -0.05) is 6.42 Å². The number of halogens is 2. The van der Waals surface area contributed by atoms with Crippen LogP contribution in [0.4, 0.5) is 10.1 Å². The topological polar surface area (TPSA) is 78.4 Å². The number of nitro groups is 1. The van der Waals surface area contributed by atoms with Crippen molar-refractivity contribution in [3.8, 4) is 5.75 Å². The van der Waals surface area contributed by atoms with E-state index in [4.69, 9.17) is 10.5 Å². The lowest BCUT2D eigenvalue weighted by molar-refractivity contribution is -0.386. The Morgan fingerprint density at radius 1 is 1.45 bits per heavy atom. The summed E-state index contributed by atoms with van der Waals surface area (Å²) in [7, 11) is 0. The molecule has 1 aliphatic carbocycles. The Morgan fingerprint density at radius 3 is 2.80 bits per heavy atom. The number of ether oxygens (including phenoxy) is 1. The summed E-state index contributed by atoms with van der Waals surface area (Å²) in [6, 6.07) is 2.19. The third-order valence-corrected chi connectivity index (χ3v) is 4.23. The van der Waals surface area contributed by atoms with Gasteiger partial charge in [0.2, 0.25) is 0 Å². The lowest BCUT2D eigenvalue weighted by atomic mass is 9.86. The van der Waals surface area contributed by atoms with Crippen LogP contribution in [0.15, 0.2) is 16.6 Å². The summed E-state index contributed by atoms with van der Waals surface area (Å²) in [6.45, 7) is 0.470. The van der Waals surface area contributed by atoms with Crippen LogP contribution in [0.3, 0.4) is 0 Å². The van der Waals surface area contributed by atoms with Gasteiger partial charge in [0.25, 0.3) is 0 Å². The highest BCUT2D eigenvalue weighted by Crippen LogP contribution is 2.36. The molecule has 2 N–H and O–H groups in total. The molecule has 0 heterocycles. The zero-order valence-corrected chi connectivity index (χ0v) is 12.4. The molecule has 2 unspecified atom stereocenters. The minimum absolute atomic E-state index is 0.0268. The maximum Gasteiger partial charge on any atom is 0.312 e. The van der Waals surface area contributed by atoms with Gasteiger partial charge in [-0.25, -0.2) is 4.39 Å². The van der Waals surface area contributed by atoms with Gasteiger partial charge in [-0.3, -0.25) is 10.1 Å². The number of rotatable bonds is 4. The first-order chi connectivity index (χ1) is 9.52. The van der Waals surface area contributed by atoms with Crippen LogP contribution in [0.5, 0.6) is 5.75 Å². The van der Waals surface area contributed by atoms with Gasteiger partial charge in [0.05, 0.1) is 9.40 Å². The van der Waals surface area contributed by atoms with Crippen LogP contribution in [0.1, 0.15) is 25.7 Å². The van der Waals surface area contributed by atoms with E-state index in [2.05, 4.69) is 15.9 Å². The minimum Gasteiger partial charge on any atom is -0.483 e. The van der Waals surface area contributed by atoms with Gasteiger partial charge in [-0.15, -0.1) is 0 Å². The molecule has 0 bridgehead atoms. The van der Waals surface area contributed by atoms with E-state index in [1.165, 1.54) is 0 Å². The molecule has 1 saturated carbocycles. The Balaban J connectivity index is 2.27. The molecule has 110 valence electrons. The quantitative estimate of drug-likeness (QED) is 0.669. The fourth-order valence-corrected chi connectivity index (χ4v) is 2.85. The molecule has 2 atom stereocenters. The van der Waals surface area contributed by atoms with Crippen molar-refractivity contribution in [2.75, 3.05) is 6.54 Å². The Labute approximate surface area is 124 Å². The van der Waals surface area contributed by atoms with Gasteiger partial charge < -0.3 is 10.5 Å². The van der Waals surface area contributed by atoms with E-state index in [0.29, 0.717) is 6.54 Å². The molecule has 0 amide bonds. The molecular formula is C13H16BrFN2O3. The zero-order chi connectivity index (χ0) is 14.7. The Kier molecular flexibility index (Phi) is 4.93. The minimum atomic E-state index is -0.578. The van der Waals surface area contributed by atoms with Gasteiger partial charge >= 0.3 is 5.69 Å². The normalized spacial score (nSPS) is 22.6. The van der Waals surface area contributed by atoms with Crippen LogP contribution in [0.2, 0.25) is 0 Å². The molecule has 20 heavy (non-hydrogen) atoms. The standard InChI is InChI=1S/C13H16BrFN2O3/c14-9-5-11(17(18)19)13(6-10(9)15)20-12-4-2-1-3-8(12)7-16/h5-6,8,12H,1-4,7,16H2. The molecule has 2 rings (SSSR count). The van der Waals surface area contributed by atoms with Gasteiger partial charge in [0.15, 0.2) is 5.75 Å². The number of nitrogens with zero attached hydrogens (tertiary/aromatic N) is 1. The number of nitro benzene ring substituents is 1. The molecule has 0 aliphatic heterocycles. The highest BCUT2D eigenvalue weighted by molar-refractivity contribution is 9.10. The third-order valence-electron chi connectivity index (χ3n) is 3.62. The van der Waals surface area contributed by atoms with E-state index in [0.717, 1.165) is 37.8 Å². The van der Waals surface area contributed by atoms with Crippen molar-refractivity contribution in [1.29, 1.82) is 0 Å². The summed E-state index contributed by atoms with van der Waals surface area (Å²) >= 11 is 2.94. The van der Waals surface area contributed by atoms with Crippen LogP contribution in [-0.2, 0) is 0 Å². The number of hydrogen-bond donors (Lipinski definition) is 1. The maximum absolute atomic E-state index is 13.6. The zero-order valence-electron chi connectivity index (χ0n) is 10.9. The van der Waals surface area contributed by atoms with Crippen molar-refractivity contribution < 1.29 is 14.1 Å². The van der Waals surface area contributed by atoms with Gasteiger partial charge in [0, 0.05) is 18.1 Å². The lowest BCUT2D eigenvalue weighted by Crippen LogP contribution is -2.35. The third kappa shape index (κ3) is 3.27. The van der Waals surface area contributed by atoms with Crippen LogP contribution in [-0.4, -0.2) is 17.6 Å². The highest BCUT2D eigenvalue weighted by Gasteiger charge is 2.28. The molecule has 5 nitrogen and oxygen atoms in total. The molecule has 0 spiro atoms. The second kappa shape index (κ2) is 6.49. The van der Waals surface area contributed by atoms with E-state index in [1.54, 1.807) is 0 Å². The van der Waals surface area contributed by atoms with E-state index < -0.39 is 10.7 Å². The first-order valence-electron chi connectivity index (χ1n) is 6.53. The van der Waals surface area contributed by atoms with Crippen LogP contribution in [0.25, 0.3) is 0 Å². The number of benzene rings is 1. The average molecular weight is 347 g/mol. The number of hydrogen-bond acceptors (Lipinski definition) is 4. The van der Waals surface area contributed by atoms with Crippen molar-refractivity contribution in [2.45, 2.75) is 31.8 Å². The Bertz CT molecular complexity index is 513. The fraction of sp³-hybridized carbons (Fsp3) is 0.538. The van der Waals surface area contributed by atoms with Gasteiger partial charge in [-0.2, -0.15) is 0 Å². The van der Waals surface area contributed by atoms with Crippen molar-refractivity contribution in [3.05, 3.63) is 32.5 Å².